The van der Waals surface area contributed by atoms with Crippen molar-refractivity contribution in [1.29, 1.82) is 0 Å². The van der Waals surface area contributed by atoms with E-state index in [0.717, 1.165) is 0 Å². The van der Waals surface area contributed by atoms with Crippen molar-refractivity contribution in [3.63, 3.8) is 0 Å². The summed E-state index contributed by atoms with van der Waals surface area (Å²) < 4.78 is 24.4. The van der Waals surface area contributed by atoms with Gasteiger partial charge in [0, 0.05) is 12.1 Å². The van der Waals surface area contributed by atoms with E-state index in [0.29, 0.717) is 30.3 Å². The summed E-state index contributed by atoms with van der Waals surface area (Å²) in [5, 5.41) is 0. The molecule has 1 aromatic rings. The number of ether oxygens (including phenoxy) is 2. The molecule has 0 aliphatic carbocycles. The molecular weight excluding hydrogens is 253 g/mol. The van der Waals surface area contributed by atoms with Gasteiger partial charge in [-0.3, -0.25) is 0 Å². The Kier molecular flexibility index (Phi) is 2.60. The maximum atomic E-state index is 13.5. The van der Waals surface area contributed by atoms with Crippen molar-refractivity contribution in [3.05, 3.63) is 21.9 Å². The van der Waals surface area contributed by atoms with Crippen LogP contribution in [-0.2, 0) is 6.54 Å². The molecule has 3 nitrogen and oxygen atoms in total. The Balaban J connectivity index is 2.57. The SMILES string of the molecule is NCc1cc2c(c(Br)c1F)OCCO2. The second-order valence-electron chi connectivity index (χ2n) is 2.89. The Morgan fingerprint density at radius 3 is 2.86 bits per heavy atom. The smallest absolute Gasteiger partial charge is 0.178 e. The molecular formula is C9H9BrFNO2. The van der Waals surface area contributed by atoms with E-state index in [1.54, 1.807) is 6.07 Å². The van der Waals surface area contributed by atoms with Crippen LogP contribution >= 0.6 is 15.9 Å². The van der Waals surface area contributed by atoms with Gasteiger partial charge < -0.3 is 15.2 Å². The fourth-order valence-corrected chi connectivity index (χ4v) is 1.89. The summed E-state index contributed by atoms with van der Waals surface area (Å²) in [6, 6.07) is 1.58. The van der Waals surface area contributed by atoms with Gasteiger partial charge in [0.1, 0.15) is 19.0 Å². The molecule has 0 spiro atoms. The zero-order chi connectivity index (χ0) is 10.1. The molecule has 0 fully saturated rings. The lowest BCUT2D eigenvalue weighted by Crippen LogP contribution is -2.17. The molecule has 0 unspecified atom stereocenters. The highest BCUT2D eigenvalue weighted by Crippen LogP contribution is 2.40. The van der Waals surface area contributed by atoms with Crippen LogP contribution in [0.15, 0.2) is 10.5 Å². The minimum atomic E-state index is -0.378. The Morgan fingerprint density at radius 2 is 2.14 bits per heavy atom. The molecule has 0 radical (unpaired) electrons. The Hall–Kier alpha value is -0.810. The molecule has 1 aliphatic rings. The van der Waals surface area contributed by atoms with Crippen LogP contribution in [0.25, 0.3) is 0 Å². The molecule has 0 amide bonds. The lowest BCUT2D eigenvalue weighted by molar-refractivity contribution is 0.169. The van der Waals surface area contributed by atoms with E-state index in [-0.39, 0.29) is 16.8 Å². The Bertz CT molecular complexity index is 370. The standard InChI is InChI=1S/C9H9BrFNO2/c10-7-8(11)5(4-12)3-6-9(7)14-2-1-13-6/h3H,1-2,4,12H2. The van der Waals surface area contributed by atoms with Gasteiger partial charge in [-0.25, -0.2) is 4.39 Å². The van der Waals surface area contributed by atoms with Crippen LogP contribution < -0.4 is 15.2 Å². The van der Waals surface area contributed by atoms with Gasteiger partial charge >= 0.3 is 0 Å². The number of fused-ring (bicyclic) bond motifs is 1. The molecule has 14 heavy (non-hydrogen) atoms. The number of hydrogen-bond donors (Lipinski definition) is 1. The van der Waals surface area contributed by atoms with Crippen LogP contribution in [0.5, 0.6) is 11.5 Å². The summed E-state index contributed by atoms with van der Waals surface area (Å²) >= 11 is 3.12. The average Bonchev–Trinajstić information content (AvgIpc) is 2.23. The molecule has 0 aromatic heterocycles. The molecule has 1 aliphatic heterocycles. The Morgan fingerprint density at radius 1 is 1.43 bits per heavy atom. The molecule has 1 aromatic carbocycles. The van der Waals surface area contributed by atoms with Crippen LogP contribution in [0.2, 0.25) is 0 Å². The van der Waals surface area contributed by atoms with Gasteiger partial charge in [-0.2, -0.15) is 0 Å². The maximum absolute atomic E-state index is 13.5. The van der Waals surface area contributed by atoms with Crippen molar-refractivity contribution in [1.82, 2.24) is 0 Å². The first-order valence-corrected chi connectivity index (χ1v) is 5.00. The second kappa shape index (κ2) is 3.74. The van der Waals surface area contributed by atoms with Gasteiger partial charge in [-0.15, -0.1) is 0 Å². The number of halogens is 2. The van der Waals surface area contributed by atoms with Crippen molar-refractivity contribution in [3.8, 4) is 11.5 Å². The van der Waals surface area contributed by atoms with Crippen molar-refractivity contribution in [2.75, 3.05) is 13.2 Å². The third-order valence-corrected chi connectivity index (χ3v) is 2.72. The summed E-state index contributed by atoms with van der Waals surface area (Å²) in [7, 11) is 0. The van der Waals surface area contributed by atoms with E-state index < -0.39 is 0 Å². The fourth-order valence-electron chi connectivity index (χ4n) is 1.32. The molecule has 2 N–H and O–H groups in total. The quantitative estimate of drug-likeness (QED) is 0.839. The zero-order valence-electron chi connectivity index (χ0n) is 7.35. The highest BCUT2D eigenvalue weighted by Gasteiger charge is 2.20. The zero-order valence-corrected chi connectivity index (χ0v) is 8.93. The molecule has 0 saturated carbocycles. The summed E-state index contributed by atoms with van der Waals surface area (Å²) in [5.74, 6) is 0.590. The summed E-state index contributed by atoms with van der Waals surface area (Å²) in [4.78, 5) is 0. The highest BCUT2D eigenvalue weighted by atomic mass is 79.9. The monoisotopic (exact) mass is 261 g/mol. The molecule has 1 heterocycles. The third kappa shape index (κ3) is 1.46. The minimum absolute atomic E-state index is 0.140. The van der Waals surface area contributed by atoms with E-state index in [2.05, 4.69) is 15.9 Å². The number of benzene rings is 1. The topological polar surface area (TPSA) is 44.5 Å². The van der Waals surface area contributed by atoms with Crippen molar-refractivity contribution in [2.45, 2.75) is 6.54 Å². The second-order valence-corrected chi connectivity index (χ2v) is 3.68. The molecule has 5 heteroatoms. The maximum Gasteiger partial charge on any atom is 0.178 e. The van der Waals surface area contributed by atoms with E-state index in [1.165, 1.54) is 0 Å². The lowest BCUT2D eigenvalue weighted by Gasteiger charge is -2.20. The predicted octanol–water partition coefficient (Wildman–Crippen LogP) is 1.82. The first-order valence-electron chi connectivity index (χ1n) is 4.20. The predicted molar refractivity (Wildman–Crippen MR) is 53.0 cm³/mol. The van der Waals surface area contributed by atoms with E-state index in [1.807, 2.05) is 0 Å². The summed E-state index contributed by atoms with van der Waals surface area (Å²) in [6.07, 6.45) is 0. The van der Waals surface area contributed by atoms with Gasteiger partial charge in [-0.05, 0) is 22.0 Å². The van der Waals surface area contributed by atoms with Gasteiger partial charge in [0.2, 0.25) is 0 Å². The molecule has 0 saturated heterocycles. The van der Waals surface area contributed by atoms with Gasteiger partial charge in [0.25, 0.3) is 0 Å². The van der Waals surface area contributed by atoms with Crippen LogP contribution in [0.4, 0.5) is 4.39 Å². The third-order valence-electron chi connectivity index (χ3n) is 2.01. The molecule has 2 rings (SSSR count). The van der Waals surface area contributed by atoms with Gasteiger partial charge in [0.05, 0.1) is 4.47 Å². The van der Waals surface area contributed by atoms with E-state index >= 15 is 0 Å². The largest absolute Gasteiger partial charge is 0.486 e. The summed E-state index contributed by atoms with van der Waals surface area (Å²) in [6.45, 7) is 1.06. The minimum Gasteiger partial charge on any atom is -0.486 e. The van der Waals surface area contributed by atoms with Crippen LogP contribution in [0.1, 0.15) is 5.56 Å². The van der Waals surface area contributed by atoms with Crippen molar-refractivity contribution in [2.24, 2.45) is 5.73 Å². The summed E-state index contributed by atoms with van der Waals surface area (Å²) in [5.41, 5.74) is 5.81. The van der Waals surface area contributed by atoms with Gasteiger partial charge in [-0.1, -0.05) is 0 Å². The number of hydrogen-bond acceptors (Lipinski definition) is 3. The fraction of sp³-hybridized carbons (Fsp3) is 0.333. The first kappa shape index (κ1) is 9.73. The molecule has 0 bridgehead atoms. The first-order chi connectivity index (χ1) is 6.74. The van der Waals surface area contributed by atoms with Crippen LogP contribution in [-0.4, -0.2) is 13.2 Å². The van der Waals surface area contributed by atoms with Crippen LogP contribution in [0, 0.1) is 5.82 Å². The number of nitrogens with two attached hydrogens (primary N) is 1. The average molecular weight is 262 g/mol. The number of rotatable bonds is 1. The van der Waals surface area contributed by atoms with Crippen molar-refractivity contribution >= 4 is 15.9 Å². The molecule has 0 atom stereocenters. The van der Waals surface area contributed by atoms with E-state index in [9.17, 15) is 4.39 Å². The van der Waals surface area contributed by atoms with Crippen molar-refractivity contribution < 1.29 is 13.9 Å². The normalized spacial score (nSPS) is 14.2. The highest BCUT2D eigenvalue weighted by molar-refractivity contribution is 9.10. The lowest BCUT2D eigenvalue weighted by atomic mass is 10.2. The van der Waals surface area contributed by atoms with Gasteiger partial charge in [0.15, 0.2) is 11.5 Å². The Labute approximate surface area is 89.1 Å². The van der Waals surface area contributed by atoms with Crippen LogP contribution in [0.3, 0.4) is 0 Å². The van der Waals surface area contributed by atoms with E-state index in [4.69, 9.17) is 15.2 Å². The molecule has 76 valence electrons.